The van der Waals surface area contributed by atoms with E-state index in [1.54, 1.807) is 0 Å². The third-order valence-electron chi connectivity index (χ3n) is 4.70. The lowest BCUT2D eigenvalue weighted by Crippen LogP contribution is -2.38. The maximum absolute atomic E-state index is 13.1. The first kappa shape index (κ1) is 33.6. The smallest absolute Gasteiger partial charge is 0.231 e. The van der Waals surface area contributed by atoms with Crippen molar-refractivity contribution in [1.29, 1.82) is 0 Å². The van der Waals surface area contributed by atoms with Crippen molar-refractivity contribution in [1.82, 2.24) is 4.90 Å². The molecule has 0 aromatic rings. The highest BCUT2D eigenvalue weighted by atomic mass is 16.2. The molecule has 0 saturated heterocycles. The first-order valence-corrected chi connectivity index (χ1v) is 12.0. The van der Waals surface area contributed by atoms with E-state index in [0.29, 0.717) is 30.1 Å². The number of hydrogen-bond donors (Lipinski definition) is 0. The van der Waals surface area contributed by atoms with Gasteiger partial charge in [-0.1, -0.05) is 103 Å². The highest BCUT2D eigenvalue weighted by Crippen LogP contribution is 2.41. The molecule has 1 rings (SSSR count). The monoisotopic (exact) mass is 423 g/mol. The molecule has 0 atom stereocenters. The summed E-state index contributed by atoms with van der Waals surface area (Å²) in [4.78, 5) is 15.2. The van der Waals surface area contributed by atoms with Crippen LogP contribution in [0.2, 0.25) is 0 Å². The van der Waals surface area contributed by atoms with E-state index in [0.717, 1.165) is 5.92 Å². The standard InChI is InChI=1S/C21H37NO.C4H10.C2H6.CH4/c1-12(2)17-11-18(23)22(16(9)10)21(15(7)8)20(14(5)6)19(17)13(3)4;1-4(2)3;1-2;/h12-16H,11H2,1-10H3;4H,1-3H3;1-2H3;1H4. The summed E-state index contributed by atoms with van der Waals surface area (Å²) < 4.78 is 0. The fourth-order valence-corrected chi connectivity index (χ4v) is 3.88. The normalized spacial score (nSPS) is 15.0. The van der Waals surface area contributed by atoms with Crippen molar-refractivity contribution in [2.45, 2.75) is 124 Å². The molecule has 0 bridgehead atoms. The van der Waals surface area contributed by atoms with Crippen molar-refractivity contribution in [2.24, 2.45) is 29.6 Å². The van der Waals surface area contributed by atoms with E-state index in [2.05, 4.69) is 94.9 Å². The molecule has 1 aliphatic rings. The van der Waals surface area contributed by atoms with Crippen LogP contribution in [0.3, 0.4) is 0 Å². The fraction of sp³-hybridized carbons (Fsp3) is 0.821. The van der Waals surface area contributed by atoms with Gasteiger partial charge in [0.15, 0.2) is 0 Å². The van der Waals surface area contributed by atoms with Crippen molar-refractivity contribution in [3.63, 3.8) is 0 Å². The molecule has 0 spiro atoms. The van der Waals surface area contributed by atoms with Gasteiger partial charge in [0, 0.05) is 18.2 Å². The molecule has 2 nitrogen and oxygen atoms in total. The Labute approximate surface area is 191 Å². The molecular formula is C28H57NO. The molecule has 0 saturated carbocycles. The van der Waals surface area contributed by atoms with Crippen molar-refractivity contribution < 1.29 is 4.79 Å². The molecule has 0 radical (unpaired) electrons. The second-order valence-corrected chi connectivity index (χ2v) is 10.1. The second-order valence-electron chi connectivity index (χ2n) is 10.1. The predicted molar refractivity (Wildman–Crippen MR) is 139 cm³/mol. The number of hydrogen-bond acceptors (Lipinski definition) is 1. The quantitative estimate of drug-likeness (QED) is 0.431. The number of allylic oxidation sites excluding steroid dienone is 3. The van der Waals surface area contributed by atoms with E-state index < -0.39 is 0 Å². The minimum Gasteiger partial charge on any atom is -0.313 e. The highest BCUT2D eigenvalue weighted by Gasteiger charge is 2.34. The highest BCUT2D eigenvalue weighted by molar-refractivity contribution is 5.83. The van der Waals surface area contributed by atoms with Gasteiger partial charge in [0.1, 0.15) is 0 Å². The molecule has 30 heavy (non-hydrogen) atoms. The van der Waals surface area contributed by atoms with Crippen LogP contribution in [0.25, 0.3) is 0 Å². The van der Waals surface area contributed by atoms with Gasteiger partial charge in [-0.05, 0) is 54.6 Å². The zero-order valence-corrected chi connectivity index (χ0v) is 22.5. The van der Waals surface area contributed by atoms with Crippen LogP contribution in [0, 0.1) is 29.6 Å². The number of carbonyl (C=O) groups excluding carboxylic acids is 1. The third kappa shape index (κ3) is 9.84. The van der Waals surface area contributed by atoms with Crippen molar-refractivity contribution in [3.8, 4) is 0 Å². The third-order valence-corrected chi connectivity index (χ3v) is 4.70. The molecular weight excluding hydrogens is 366 g/mol. The van der Waals surface area contributed by atoms with Gasteiger partial charge in [0.25, 0.3) is 0 Å². The number of carbonyl (C=O) groups is 1. The lowest BCUT2D eigenvalue weighted by Gasteiger charge is -2.34. The van der Waals surface area contributed by atoms with Crippen molar-refractivity contribution in [3.05, 3.63) is 22.4 Å². The van der Waals surface area contributed by atoms with Crippen molar-refractivity contribution in [2.75, 3.05) is 0 Å². The van der Waals surface area contributed by atoms with E-state index >= 15 is 0 Å². The summed E-state index contributed by atoms with van der Waals surface area (Å²) >= 11 is 0. The van der Waals surface area contributed by atoms with Crippen LogP contribution in [0.5, 0.6) is 0 Å². The molecule has 0 fully saturated rings. The molecule has 2 heteroatoms. The zero-order valence-electron chi connectivity index (χ0n) is 22.5. The SMILES string of the molecule is C.CC.CC(C)C.CC(C)C1=C(C(C)C)C(C(C)C)=C(C(C)C)N(C(C)C)C(=O)C1. The summed E-state index contributed by atoms with van der Waals surface area (Å²) in [5.74, 6) is 2.72. The molecule has 0 aromatic carbocycles. The Bertz CT molecular complexity index is 542. The Kier molecular flexibility index (Phi) is 17.6. The average Bonchev–Trinajstić information content (AvgIpc) is 2.70. The average molecular weight is 424 g/mol. The summed E-state index contributed by atoms with van der Waals surface area (Å²) in [6, 6.07) is 0.202. The summed E-state index contributed by atoms with van der Waals surface area (Å²) in [5.41, 5.74) is 5.45. The Morgan fingerprint density at radius 2 is 1.00 bits per heavy atom. The van der Waals surface area contributed by atoms with Gasteiger partial charge in [-0.3, -0.25) is 4.79 Å². The van der Waals surface area contributed by atoms with Gasteiger partial charge in [-0.15, -0.1) is 0 Å². The second kappa shape index (κ2) is 15.7. The largest absolute Gasteiger partial charge is 0.313 e. The van der Waals surface area contributed by atoms with E-state index in [9.17, 15) is 4.79 Å². The molecule has 1 heterocycles. The molecule has 0 aliphatic carbocycles. The van der Waals surface area contributed by atoms with Gasteiger partial charge >= 0.3 is 0 Å². The lowest BCUT2D eigenvalue weighted by molar-refractivity contribution is -0.130. The van der Waals surface area contributed by atoms with Gasteiger partial charge in [0.2, 0.25) is 5.91 Å². The number of nitrogens with zero attached hydrogens (tertiary/aromatic N) is 1. The first-order chi connectivity index (χ1) is 13.2. The molecule has 1 aliphatic heterocycles. The van der Waals surface area contributed by atoms with Crippen LogP contribution in [0.1, 0.15) is 118 Å². The number of amides is 1. The summed E-state index contributed by atoms with van der Waals surface area (Å²) in [6.45, 7) is 32.7. The lowest BCUT2D eigenvalue weighted by atomic mass is 9.79. The van der Waals surface area contributed by atoms with E-state index in [1.807, 2.05) is 13.8 Å². The van der Waals surface area contributed by atoms with E-state index in [1.165, 1.54) is 22.4 Å². The van der Waals surface area contributed by atoms with E-state index in [4.69, 9.17) is 0 Å². The van der Waals surface area contributed by atoms with Crippen LogP contribution in [-0.2, 0) is 4.79 Å². The number of rotatable bonds is 5. The fourth-order valence-electron chi connectivity index (χ4n) is 3.88. The predicted octanol–water partition coefficient (Wildman–Crippen LogP) is 9.13. The van der Waals surface area contributed by atoms with Crippen LogP contribution in [0.15, 0.2) is 22.4 Å². The molecule has 0 N–H and O–H groups in total. The van der Waals surface area contributed by atoms with Crippen molar-refractivity contribution >= 4 is 5.91 Å². The van der Waals surface area contributed by atoms with Gasteiger partial charge in [0.05, 0.1) is 0 Å². The Balaban J connectivity index is -0.000000928. The molecule has 0 aromatic heterocycles. The minimum absolute atomic E-state index is 0. The van der Waals surface area contributed by atoms with Gasteiger partial charge in [-0.2, -0.15) is 0 Å². The topological polar surface area (TPSA) is 20.3 Å². The molecule has 180 valence electrons. The van der Waals surface area contributed by atoms with Crippen LogP contribution < -0.4 is 0 Å². The molecule has 1 amide bonds. The van der Waals surface area contributed by atoms with Crippen LogP contribution in [-0.4, -0.2) is 16.8 Å². The molecule has 0 unspecified atom stereocenters. The van der Waals surface area contributed by atoms with Gasteiger partial charge in [-0.25, -0.2) is 0 Å². The summed E-state index contributed by atoms with van der Waals surface area (Å²) in [5, 5.41) is 0. The zero-order chi connectivity index (χ0) is 23.6. The first-order valence-electron chi connectivity index (χ1n) is 12.0. The maximum Gasteiger partial charge on any atom is 0.231 e. The van der Waals surface area contributed by atoms with Crippen LogP contribution >= 0.6 is 0 Å². The summed E-state index contributed by atoms with van der Waals surface area (Å²) in [6.07, 6.45) is 0.565. The Morgan fingerprint density at radius 1 is 0.633 bits per heavy atom. The minimum atomic E-state index is 0. The Hall–Kier alpha value is -1.05. The van der Waals surface area contributed by atoms with Crippen LogP contribution in [0.4, 0.5) is 0 Å². The van der Waals surface area contributed by atoms with E-state index in [-0.39, 0.29) is 19.4 Å². The summed E-state index contributed by atoms with van der Waals surface area (Å²) in [7, 11) is 0. The maximum atomic E-state index is 13.1. The Morgan fingerprint density at radius 3 is 1.23 bits per heavy atom. The van der Waals surface area contributed by atoms with Gasteiger partial charge < -0.3 is 4.90 Å².